The summed E-state index contributed by atoms with van der Waals surface area (Å²) in [5.74, 6) is -0.808. The van der Waals surface area contributed by atoms with Gasteiger partial charge in [-0.25, -0.2) is 4.79 Å². The first-order valence-electron chi connectivity index (χ1n) is 5.66. The normalized spacial score (nSPS) is 15.2. The van der Waals surface area contributed by atoms with Crippen molar-refractivity contribution >= 4 is 17.5 Å². The quantitative estimate of drug-likeness (QED) is 0.798. The second-order valence-corrected chi connectivity index (χ2v) is 3.81. The minimum atomic E-state index is -0.654. The molecule has 1 aliphatic rings. The molecular weight excluding hydrogens is 232 g/mol. The summed E-state index contributed by atoms with van der Waals surface area (Å²) in [5, 5.41) is 17.7. The largest absolute Gasteiger partial charge is 0.509 e. The molecule has 1 aromatic rings. The first kappa shape index (κ1) is 12.2. The molecule has 0 saturated carbocycles. The third-order valence-corrected chi connectivity index (χ3v) is 2.65. The average Bonchev–Trinajstić information content (AvgIpc) is 2.66. The van der Waals surface area contributed by atoms with Crippen molar-refractivity contribution in [3.63, 3.8) is 0 Å². The number of esters is 1. The zero-order valence-corrected chi connectivity index (χ0v) is 10.0. The number of hydrogen-bond donors (Lipinski definition) is 2. The number of aliphatic hydroxyl groups is 1. The number of anilines is 1. The van der Waals surface area contributed by atoms with E-state index < -0.39 is 5.97 Å². The maximum absolute atomic E-state index is 11.6. The van der Waals surface area contributed by atoms with E-state index in [-0.39, 0.29) is 30.3 Å². The topological polar surface area (TPSA) is 73.6 Å². The van der Waals surface area contributed by atoms with Crippen LogP contribution >= 0.6 is 0 Å². The number of nitrogens with zero attached hydrogens (tertiary/aromatic N) is 1. The number of carbonyl (C=O) groups excluding carboxylic acids is 1. The van der Waals surface area contributed by atoms with Crippen LogP contribution in [0, 0.1) is 5.41 Å². The molecule has 1 aromatic carbocycles. The van der Waals surface area contributed by atoms with Crippen molar-refractivity contribution < 1.29 is 14.6 Å². The van der Waals surface area contributed by atoms with Gasteiger partial charge in [-0.3, -0.25) is 5.41 Å². The number of ether oxygens (including phenoxy) is 1. The van der Waals surface area contributed by atoms with Crippen LogP contribution in [-0.2, 0) is 9.53 Å². The van der Waals surface area contributed by atoms with E-state index in [2.05, 4.69) is 0 Å². The van der Waals surface area contributed by atoms with Crippen LogP contribution in [0.25, 0.3) is 0 Å². The number of carbonyl (C=O) groups is 1. The fourth-order valence-electron chi connectivity index (χ4n) is 1.83. The highest BCUT2D eigenvalue weighted by Gasteiger charge is 2.33. The highest BCUT2D eigenvalue weighted by molar-refractivity contribution is 6.25. The van der Waals surface area contributed by atoms with Crippen LogP contribution in [0.5, 0.6) is 0 Å². The smallest absolute Gasteiger partial charge is 0.345 e. The minimum Gasteiger partial charge on any atom is -0.509 e. The van der Waals surface area contributed by atoms with Gasteiger partial charge in [0.05, 0.1) is 13.2 Å². The fraction of sp³-hybridized carbons (Fsp3) is 0.231. The third-order valence-electron chi connectivity index (χ3n) is 2.65. The van der Waals surface area contributed by atoms with Crippen molar-refractivity contribution in [3.05, 3.63) is 41.7 Å². The standard InChI is InChI=1S/C13H14N2O3/c1-2-18-13(17)11-10(16)8-15(12(11)14)9-6-4-3-5-7-9/h3-7,14,16H,2,8H2,1H3. The third kappa shape index (κ3) is 2.07. The number of amidine groups is 1. The first-order valence-corrected chi connectivity index (χ1v) is 5.66. The van der Waals surface area contributed by atoms with Crippen molar-refractivity contribution in [3.8, 4) is 0 Å². The Hall–Kier alpha value is -2.30. The van der Waals surface area contributed by atoms with E-state index in [1.54, 1.807) is 11.8 Å². The van der Waals surface area contributed by atoms with Crippen LogP contribution in [0.4, 0.5) is 5.69 Å². The van der Waals surface area contributed by atoms with Crippen molar-refractivity contribution in [1.82, 2.24) is 0 Å². The summed E-state index contributed by atoms with van der Waals surface area (Å²) in [4.78, 5) is 13.2. The minimum absolute atomic E-state index is 0.0304. The Kier molecular flexibility index (Phi) is 3.32. The van der Waals surface area contributed by atoms with Gasteiger partial charge in [0.15, 0.2) is 0 Å². The summed E-state index contributed by atoms with van der Waals surface area (Å²) in [6.07, 6.45) is 0. The Morgan fingerprint density at radius 2 is 2.11 bits per heavy atom. The van der Waals surface area contributed by atoms with E-state index in [0.29, 0.717) is 0 Å². The molecule has 0 unspecified atom stereocenters. The van der Waals surface area contributed by atoms with Gasteiger partial charge >= 0.3 is 5.97 Å². The monoisotopic (exact) mass is 246 g/mol. The number of nitrogens with one attached hydrogen (secondary N) is 1. The molecule has 0 atom stereocenters. The summed E-state index contributed by atoms with van der Waals surface area (Å²) >= 11 is 0. The zero-order chi connectivity index (χ0) is 13.1. The van der Waals surface area contributed by atoms with Crippen LogP contribution in [0.15, 0.2) is 41.7 Å². The lowest BCUT2D eigenvalue weighted by Gasteiger charge is -2.18. The molecule has 0 amide bonds. The van der Waals surface area contributed by atoms with Crippen molar-refractivity contribution in [2.45, 2.75) is 6.92 Å². The molecule has 94 valence electrons. The molecule has 0 aliphatic carbocycles. The van der Waals surface area contributed by atoms with E-state index in [0.717, 1.165) is 5.69 Å². The van der Waals surface area contributed by atoms with Crippen LogP contribution in [0.1, 0.15) is 6.92 Å². The van der Waals surface area contributed by atoms with Gasteiger partial charge in [0, 0.05) is 5.69 Å². The van der Waals surface area contributed by atoms with E-state index in [9.17, 15) is 9.90 Å². The molecular formula is C13H14N2O3. The van der Waals surface area contributed by atoms with Gasteiger partial charge in [-0.2, -0.15) is 0 Å². The summed E-state index contributed by atoms with van der Waals surface area (Å²) in [7, 11) is 0. The number of aliphatic hydroxyl groups excluding tert-OH is 1. The van der Waals surface area contributed by atoms with E-state index >= 15 is 0 Å². The van der Waals surface area contributed by atoms with Crippen LogP contribution in [0.2, 0.25) is 0 Å². The summed E-state index contributed by atoms with van der Waals surface area (Å²) in [6, 6.07) is 9.17. The lowest BCUT2D eigenvalue weighted by molar-refractivity contribution is -0.138. The highest BCUT2D eigenvalue weighted by Crippen LogP contribution is 2.25. The van der Waals surface area contributed by atoms with Crippen molar-refractivity contribution in [1.29, 1.82) is 5.41 Å². The van der Waals surface area contributed by atoms with Gasteiger partial charge < -0.3 is 14.7 Å². The van der Waals surface area contributed by atoms with Gasteiger partial charge in [0.1, 0.15) is 17.2 Å². The molecule has 0 bridgehead atoms. The van der Waals surface area contributed by atoms with E-state index in [1.807, 2.05) is 30.3 Å². The second kappa shape index (κ2) is 4.91. The first-order chi connectivity index (χ1) is 8.65. The Balaban J connectivity index is 2.24. The summed E-state index contributed by atoms with van der Waals surface area (Å²) < 4.78 is 4.83. The van der Waals surface area contributed by atoms with Gasteiger partial charge in [-0.05, 0) is 19.1 Å². The molecule has 5 heteroatoms. The summed E-state index contributed by atoms with van der Waals surface area (Å²) in [5.41, 5.74) is 0.703. The lowest BCUT2D eigenvalue weighted by atomic mass is 10.2. The molecule has 2 rings (SSSR count). The Bertz CT molecular complexity index is 508. The number of para-hydroxylation sites is 1. The van der Waals surface area contributed by atoms with Crippen LogP contribution < -0.4 is 4.90 Å². The van der Waals surface area contributed by atoms with Gasteiger partial charge in [-0.1, -0.05) is 18.2 Å². The zero-order valence-electron chi connectivity index (χ0n) is 10.0. The SMILES string of the molecule is CCOC(=O)C1=C(O)CN(c2ccccc2)C1=N. The molecule has 1 heterocycles. The van der Waals surface area contributed by atoms with Gasteiger partial charge in [0.2, 0.25) is 0 Å². The van der Waals surface area contributed by atoms with Crippen molar-refractivity contribution in [2.24, 2.45) is 0 Å². The molecule has 1 aliphatic heterocycles. The van der Waals surface area contributed by atoms with Gasteiger partial charge in [0.25, 0.3) is 0 Å². The van der Waals surface area contributed by atoms with Crippen LogP contribution in [-0.4, -0.2) is 30.1 Å². The Morgan fingerprint density at radius 1 is 1.44 bits per heavy atom. The molecule has 5 nitrogen and oxygen atoms in total. The predicted molar refractivity (Wildman–Crippen MR) is 67.8 cm³/mol. The second-order valence-electron chi connectivity index (χ2n) is 3.81. The number of rotatable bonds is 3. The molecule has 2 N–H and O–H groups in total. The van der Waals surface area contributed by atoms with Gasteiger partial charge in [-0.15, -0.1) is 0 Å². The highest BCUT2D eigenvalue weighted by atomic mass is 16.5. The van der Waals surface area contributed by atoms with Crippen LogP contribution in [0.3, 0.4) is 0 Å². The van der Waals surface area contributed by atoms with Crippen molar-refractivity contribution in [2.75, 3.05) is 18.1 Å². The fourth-order valence-corrected chi connectivity index (χ4v) is 1.83. The Labute approximate surface area is 105 Å². The van der Waals surface area contributed by atoms with E-state index in [4.69, 9.17) is 10.1 Å². The molecule has 0 aromatic heterocycles. The molecule has 0 saturated heterocycles. The average molecular weight is 246 g/mol. The number of hydrogen-bond acceptors (Lipinski definition) is 4. The molecule has 0 fully saturated rings. The Morgan fingerprint density at radius 3 is 2.72 bits per heavy atom. The number of benzene rings is 1. The van der Waals surface area contributed by atoms with E-state index in [1.165, 1.54) is 0 Å². The lowest BCUT2D eigenvalue weighted by Crippen LogP contribution is -2.28. The molecule has 0 radical (unpaired) electrons. The molecule has 0 spiro atoms. The maximum atomic E-state index is 11.6. The maximum Gasteiger partial charge on any atom is 0.345 e. The predicted octanol–water partition coefficient (Wildman–Crippen LogP) is 1.86. The molecule has 18 heavy (non-hydrogen) atoms. The summed E-state index contributed by atoms with van der Waals surface area (Å²) in [6.45, 7) is 2.02.